The minimum Gasteiger partial charge on any atom is -0.397 e. The summed E-state index contributed by atoms with van der Waals surface area (Å²) in [5, 5.41) is 0. The molecule has 2 aromatic rings. The highest BCUT2D eigenvalue weighted by atomic mass is 16.2. The summed E-state index contributed by atoms with van der Waals surface area (Å²) in [6, 6.07) is 13.8. The number of carbonyl (C=O) groups excluding carboxylic acids is 1. The van der Waals surface area contributed by atoms with Gasteiger partial charge in [0.15, 0.2) is 0 Å². The summed E-state index contributed by atoms with van der Waals surface area (Å²) in [6.07, 6.45) is 1.00. The van der Waals surface area contributed by atoms with E-state index in [1.807, 2.05) is 18.2 Å². The molecule has 0 saturated heterocycles. The molecule has 2 N–H and O–H groups in total. The van der Waals surface area contributed by atoms with Crippen LogP contribution in [0.1, 0.15) is 15.9 Å². The Balaban J connectivity index is 2.03. The number of amides is 1. The maximum atomic E-state index is 12.1. The second-order valence-electron chi connectivity index (χ2n) is 5.50. The number of fused-ring (bicyclic) bond motifs is 1. The van der Waals surface area contributed by atoms with Crippen LogP contribution in [0.5, 0.6) is 0 Å². The maximum Gasteiger partial charge on any atom is 0.253 e. The first-order chi connectivity index (χ1) is 10.1. The fourth-order valence-corrected chi connectivity index (χ4v) is 2.76. The summed E-state index contributed by atoms with van der Waals surface area (Å²) < 4.78 is 0. The van der Waals surface area contributed by atoms with E-state index in [4.69, 9.17) is 5.73 Å². The number of nitrogen functional groups attached to an aromatic ring is 1. The quantitative estimate of drug-likeness (QED) is 0.861. The first-order valence-electron chi connectivity index (χ1n) is 7.04. The third kappa shape index (κ3) is 2.33. The maximum absolute atomic E-state index is 12.1. The molecule has 1 heterocycles. The van der Waals surface area contributed by atoms with Crippen molar-refractivity contribution in [1.82, 2.24) is 4.90 Å². The third-order valence-corrected chi connectivity index (χ3v) is 3.86. The first kappa shape index (κ1) is 13.5. The normalized spacial score (nSPS) is 13.1. The number of hydrogen-bond donors (Lipinski definition) is 1. The third-order valence-electron chi connectivity index (χ3n) is 3.86. The molecule has 1 aliphatic rings. The Hall–Kier alpha value is -2.49. The van der Waals surface area contributed by atoms with Crippen LogP contribution in [0, 0.1) is 0 Å². The van der Waals surface area contributed by atoms with Crippen molar-refractivity contribution in [3.63, 3.8) is 0 Å². The monoisotopic (exact) mass is 281 g/mol. The summed E-state index contributed by atoms with van der Waals surface area (Å²) in [7, 11) is 3.51. The highest BCUT2D eigenvalue weighted by molar-refractivity contribution is 5.96. The molecule has 2 aromatic carbocycles. The van der Waals surface area contributed by atoms with Gasteiger partial charge in [0.1, 0.15) is 0 Å². The van der Waals surface area contributed by atoms with Crippen molar-refractivity contribution in [1.29, 1.82) is 0 Å². The van der Waals surface area contributed by atoms with Gasteiger partial charge in [-0.05, 0) is 36.2 Å². The second kappa shape index (κ2) is 5.13. The Morgan fingerprint density at radius 3 is 2.67 bits per heavy atom. The fourth-order valence-electron chi connectivity index (χ4n) is 2.76. The van der Waals surface area contributed by atoms with E-state index in [9.17, 15) is 4.79 Å². The molecule has 0 fully saturated rings. The topological polar surface area (TPSA) is 49.6 Å². The molecular formula is C17H19N3O. The Morgan fingerprint density at radius 1 is 1.14 bits per heavy atom. The van der Waals surface area contributed by atoms with Crippen molar-refractivity contribution in [3.8, 4) is 0 Å². The van der Waals surface area contributed by atoms with Crippen molar-refractivity contribution < 1.29 is 4.79 Å². The lowest BCUT2D eigenvalue weighted by Crippen LogP contribution is -2.22. The predicted octanol–water partition coefficient (Wildman–Crippen LogP) is 2.66. The first-order valence-corrected chi connectivity index (χ1v) is 7.04. The van der Waals surface area contributed by atoms with Crippen molar-refractivity contribution >= 4 is 23.0 Å². The minimum atomic E-state index is -0.0104. The average Bonchev–Trinajstić information content (AvgIpc) is 2.91. The van der Waals surface area contributed by atoms with Crippen LogP contribution >= 0.6 is 0 Å². The van der Waals surface area contributed by atoms with Gasteiger partial charge >= 0.3 is 0 Å². The van der Waals surface area contributed by atoms with Crippen LogP contribution in [0.3, 0.4) is 0 Å². The minimum absolute atomic E-state index is 0.0104. The van der Waals surface area contributed by atoms with Gasteiger partial charge in [0.2, 0.25) is 0 Å². The van der Waals surface area contributed by atoms with Gasteiger partial charge in [-0.15, -0.1) is 0 Å². The molecule has 0 radical (unpaired) electrons. The second-order valence-corrected chi connectivity index (χ2v) is 5.50. The number of benzene rings is 2. The van der Waals surface area contributed by atoms with Gasteiger partial charge < -0.3 is 15.5 Å². The van der Waals surface area contributed by atoms with Crippen LogP contribution in [0.2, 0.25) is 0 Å². The van der Waals surface area contributed by atoms with Gasteiger partial charge in [0, 0.05) is 31.9 Å². The molecule has 0 saturated carbocycles. The average molecular weight is 281 g/mol. The van der Waals surface area contributed by atoms with Gasteiger partial charge in [-0.2, -0.15) is 0 Å². The molecule has 4 heteroatoms. The van der Waals surface area contributed by atoms with E-state index < -0.39 is 0 Å². The molecule has 0 aromatic heterocycles. The van der Waals surface area contributed by atoms with E-state index >= 15 is 0 Å². The molecule has 3 rings (SSSR count). The number of hydrogen-bond acceptors (Lipinski definition) is 3. The summed E-state index contributed by atoms with van der Waals surface area (Å²) in [5.74, 6) is -0.0104. The van der Waals surface area contributed by atoms with E-state index in [1.165, 1.54) is 11.3 Å². The van der Waals surface area contributed by atoms with Gasteiger partial charge in [-0.1, -0.05) is 18.2 Å². The summed E-state index contributed by atoms with van der Waals surface area (Å²) in [4.78, 5) is 15.9. The van der Waals surface area contributed by atoms with Crippen LogP contribution in [0.15, 0.2) is 42.5 Å². The zero-order chi connectivity index (χ0) is 15.0. The summed E-state index contributed by atoms with van der Waals surface area (Å²) in [6.45, 7) is 0.892. The van der Waals surface area contributed by atoms with Gasteiger partial charge in [-0.25, -0.2) is 0 Å². The number of para-hydroxylation sites is 1. The zero-order valence-electron chi connectivity index (χ0n) is 12.3. The summed E-state index contributed by atoms with van der Waals surface area (Å²) in [5.41, 5.74) is 10.9. The molecule has 4 nitrogen and oxygen atoms in total. The van der Waals surface area contributed by atoms with Gasteiger partial charge in [0.25, 0.3) is 5.91 Å². The molecule has 0 spiro atoms. The molecule has 0 unspecified atom stereocenters. The van der Waals surface area contributed by atoms with Crippen molar-refractivity contribution in [2.24, 2.45) is 0 Å². The Bertz CT molecular complexity index is 694. The van der Waals surface area contributed by atoms with Crippen molar-refractivity contribution in [2.45, 2.75) is 6.42 Å². The van der Waals surface area contributed by atoms with Gasteiger partial charge in [0.05, 0.1) is 11.4 Å². The van der Waals surface area contributed by atoms with E-state index in [-0.39, 0.29) is 5.91 Å². The van der Waals surface area contributed by atoms with Crippen LogP contribution in [0.25, 0.3) is 0 Å². The van der Waals surface area contributed by atoms with E-state index in [0.717, 1.165) is 18.7 Å². The number of rotatable bonds is 2. The van der Waals surface area contributed by atoms with Crippen molar-refractivity contribution in [3.05, 3.63) is 53.6 Å². The number of anilines is 3. The molecule has 0 aliphatic carbocycles. The molecule has 21 heavy (non-hydrogen) atoms. The summed E-state index contributed by atoms with van der Waals surface area (Å²) >= 11 is 0. The van der Waals surface area contributed by atoms with Crippen molar-refractivity contribution in [2.75, 3.05) is 31.3 Å². The molecule has 1 amide bonds. The molecule has 0 atom stereocenters. The lowest BCUT2D eigenvalue weighted by atomic mass is 10.1. The van der Waals surface area contributed by atoms with Crippen LogP contribution in [-0.2, 0) is 6.42 Å². The van der Waals surface area contributed by atoms with Crippen LogP contribution in [0.4, 0.5) is 17.1 Å². The SMILES string of the molecule is CN(C)C(=O)c1ccc(N)c(N2CCc3ccccc32)c1. The fraction of sp³-hybridized carbons (Fsp3) is 0.235. The Morgan fingerprint density at radius 2 is 1.90 bits per heavy atom. The smallest absolute Gasteiger partial charge is 0.253 e. The highest BCUT2D eigenvalue weighted by Crippen LogP contribution is 2.37. The number of nitrogens with two attached hydrogens (primary N) is 1. The van der Waals surface area contributed by atoms with E-state index in [2.05, 4.69) is 23.1 Å². The molecule has 1 aliphatic heterocycles. The van der Waals surface area contributed by atoms with Crippen LogP contribution < -0.4 is 10.6 Å². The van der Waals surface area contributed by atoms with E-state index in [0.29, 0.717) is 11.3 Å². The number of nitrogens with zero attached hydrogens (tertiary/aromatic N) is 2. The largest absolute Gasteiger partial charge is 0.397 e. The standard InChI is InChI=1S/C17H19N3O/c1-19(2)17(21)13-7-8-14(18)16(11-13)20-10-9-12-5-3-4-6-15(12)20/h3-8,11H,9-10,18H2,1-2H3. The lowest BCUT2D eigenvalue weighted by molar-refractivity contribution is 0.0827. The molecule has 0 bridgehead atoms. The Labute approximate surface area is 124 Å². The molecule has 108 valence electrons. The molecular weight excluding hydrogens is 262 g/mol. The lowest BCUT2D eigenvalue weighted by Gasteiger charge is -2.22. The van der Waals surface area contributed by atoms with Gasteiger partial charge in [-0.3, -0.25) is 4.79 Å². The predicted molar refractivity (Wildman–Crippen MR) is 86.0 cm³/mol. The van der Waals surface area contributed by atoms with Crippen LogP contribution in [-0.4, -0.2) is 31.4 Å². The zero-order valence-corrected chi connectivity index (χ0v) is 12.3. The highest BCUT2D eigenvalue weighted by Gasteiger charge is 2.22. The Kier molecular flexibility index (Phi) is 3.29. The van der Waals surface area contributed by atoms with E-state index in [1.54, 1.807) is 25.1 Å². The number of carbonyl (C=O) groups is 1.